The average Bonchev–Trinajstić information content (AvgIpc) is 3.39. The van der Waals surface area contributed by atoms with Crippen LogP contribution in [0.4, 0.5) is 0 Å². The molecule has 2 aliphatic rings. The predicted molar refractivity (Wildman–Crippen MR) is 113 cm³/mol. The molecule has 0 aromatic heterocycles. The molecule has 0 N–H and O–H groups in total. The minimum atomic E-state index is -1.40. The first-order valence-corrected chi connectivity index (χ1v) is 12.3. The second kappa shape index (κ2) is 9.35. The first-order chi connectivity index (χ1) is 12.3. The van der Waals surface area contributed by atoms with Gasteiger partial charge in [0.15, 0.2) is 0 Å². The summed E-state index contributed by atoms with van der Waals surface area (Å²) in [7, 11) is -1.40. The summed E-state index contributed by atoms with van der Waals surface area (Å²) in [5, 5.41) is 1.56. The van der Waals surface area contributed by atoms with Crippen LogP contribution in [0.5, 0.6) is 0 Å². The third-order valence-corrected chi connectivity index (χ3v) is 12.4. The largest absolute Gasteiger partial charge is 0.304 e. The van der Waals surface area contributed by atoms with Crippen LogP contribution in [0, 0.1) is 5.62 Å². The Hall–Kier alpha value is -0.178. The second-order valence-corrected chi connectivity index (χ2v) is 12.1. The van der Waals surface area contributed by atoms with Gasteiger partial charge in [0.05, 0.1) is 5.30 Å². The van der Waals surface area contributed by atoms with Crippen LogP contribution in [-0.4, -0.2) is 11.3 Å². The summed E-state index contributed by atoms with van der Waals surface area (Å²) in [4.78, 5) is 0. The van der Waals surface area contributed by atoms with Crippen LogP contribution in [-0.2, 0) is 20.4 Å². The van der Waals surface area contributed by atoms with Crippen LogP contribution in [0.25, 0.3) is 11.1 Å². The monoisotopic (exact) mass is 476 g/mol. The molecule has 2 fully saturated rings. The van der Waals surface area contributed by atoms with Gasteiger partial charge in [-0.05, 0) is 74.6 Å². The van der Waals surface area contributed by atoms with Crippen molar-refractivity contribution in [1.29, 1.82) is 0 Å². The normalized spacial score (nSPS) is 18.8. The van der Waals surface area contributed by atoms with Crippen LogP contribution in [0.15, 0.2) is 54.6 Å². The van der Waals surface area contributed by atoms with E-state index < -0.39 is 7.26 Å². The molecule has 0 heterocycles. The molecule has 142 valence electrons. The smallest absolute Gasteiger partial charge is 0.0665 e. The van der Waals surface area contributed by atoms with Crippen molar-refractivity contribution in [3.8, 4) is 11.1 Å². The number of rotatable bonds is 5. The first kappa shape index (κ1) is 20.6. The van der Waals surface area contributed by atoms with Crippen LogP contribution in [0.2, 0.25) is 0 Å². The van der Waals surface area contributed by atoms with Gasteiger partial charge in [0, 0.05) is 31.7 Å². The third-order valence-electron chi connectivity index (χ3n) is 6.44. The van der Waals surface area contributed by atoms with Crippen LogP contribution in [0.3, 0.4) is 0 Å². The van der Waals surface area contributed by atoms with Gasteiger partial charge in [0.1, 0.15) is 0 Å². The molecule has 3 heteroatoms. The number of hydrogen-bond acceptors (Lipinski definition) is 0. The van der Waals surface area contributed by atoms with E-state index in [4.69, 9.17) is 11.6 Å². The van der Waals surface area contributed by atoms with Crippen molar-refractivity contribution in [2.45, 2.75) is 62.7 Å². The first-order valence-electron chi connectivity index (χ1n) is 9.83. The summed E-state index contributed by atoms with van der Waals surface area (Å²) in [5.74, 6) is 0. The molecule has 0 spiro atoms. The minimum absolute atomic E-state index is 0. The molecule has 0 atom stereocenters. The van der Waals surface area contributed by atoms with Crippen molar-refractivity contribution in [3.05, 3.63) is 60.2 Å². The van der Waals surface area contributed by atoms with E-state index in [-0.39, 0.29) is 20.4 Å². The molecule has 2 aromatic rings. The van der Waals surface area contributed by atoms with E-state index >= 15 is 0 Å². The summed E-state index contributed by atoms with van der Waals surface area (Å²) < 4.78 is 0. The zero-order valence-corrected chi connectivity index (χ0v) is 18.4. The Morgan fingerprint density at radius 3 is 1.62 bits per heavy atom. The molecule has 0 nitrogen and oxygen atoms in total. The summed E-state index contributed by atoms with van der Waals surface area (Å²) >= 11 is 6.70. The van der Waals surface area contributed by atoms with Crippen molar-refractivity contribution < 1.29 is 20.4 Å². The number of benzene rings is 2. The van der Waals surface area contributed by atoms with Gasteiger partial charge in [-0.25, -0.2) is 0 Å². The van der Waals surface area contributed by atoms with Gasteiger partial charge in [-0.1, -0.05) is 55.3 Å². The SMILES string of the molecule is Cl[CH-][P+](c1ccc(-c2ccccc2)cc1)(C1CCCC1)C1CCCC1.[Pd]. The fraction of sp³-hybridized carbons (Fsp3) is 0.435. The summed E-state index contributed by atoms with van der Waals surface area (Å²) in [6.07, 6.45) is 11.1. The number of hydrogen-bond donors (Lipinski definition) is 0. The molecular weight excluding hydrogens is 449 g/mol. The van der Waals surface area contributed by atoms with Crippen LogP contribution >= 0.6 is 18.9 Å². The van der Waals surface area contributed by atoms with E-state index in [1.807, 2.05) is 0 Å². The topological polar surface area (TPSA) is 0 Å². The predicted octanol–water partition coefficient (Wildman–Crippen LogP) is 7.24. The maximum absolute atomic E-state index is 6.70. The van der Waals surface area contributed by atoms with E-state index in [9.17, 15) is 0 Å². The molecule has 2 aliphatic carbocycles. The Labute approximate surface area is 178 Å². The van der Waals surface area contributed by atoms with Gasteiger partial charge in [0.2, 0.25) is 0 Å². The Bertz CT molecular complexity index is 657. The fourth-order valence-electron chi connectivity index (χ4n) is 5.14. The third kappa shape index (κ3) is 3.84. The standard InChI is InChI=1S/C23H28ClP.Pd/c24-18-25(21-10-4-5-11-21,22-12-6-7-13-22)23-16-14-20(15-17-23)19-8-2-1-3-9-19;/h1-3,8-9,14-18,21-22H,4-7,10-13H2;. The summed E-state index contributed by atoms with van der Waals surface area (Å²) in [6.45, 7) is 0. The molecule has 0 unspecified atom stereocenters. The molecule has 0 saturated heterocycles. The van der Waals surface area contributed by atoms with E-state index in [2.05, 4.69) is 60.2 Å². The summed E-state index contributed by atoms with van der Waals surface area (Å²) in [6, 6.07) is 20.2. The zero-order valence-electron chi connectivity index (χ0n) is 15.2. The summed E-state index contributed by atoms with van der Waals surface area (Å²) in [5.41, 5.74) is 6.45. The Morgan fingerprint density at radius 2 is 1.15 bits per heavy atom. The molecule has 0 radical (unpaired) electrons. The van der Waals surface area contributed by atoms with Crippen molar-refractivity contribution in [3.63, 3.8) is 0 Å². The minimum Gasteiger partial charge on any atom is -0.304 e. The van der Waals surface area contributed by atoms with E-state index in [0.29, 0.717) is 0 Å². The van der Waals surface area contributed by atoms with Crippen LogP contribution < -0.4 is 5.30 Å². The van der Waals surface area contributed by atoms with Crippen molar-refractivity contribution >= 4 is 24.2 Å². The van der Waals surface area contributed by atoms with E-state index in [1.54, 1.807) is 5.30 Å². The van der Waals surface area contributed by atoms with Gasteiger partial charge in [-0.3, -0.25) is 0 Å². The maximum atomic E-state index is 6.70. The van der Waals surface area contributed by atoms with Gasteiger partial charge in [0.25, 0.3) is 0 Å². The quantitative estimate of drug-likeness (QED) is 0.242. The Balaban J connectivity index is 0.00000196. The molecule has 0 amide bonds. The van der Waals surface area contributed by atoms with Gasteiger partial charge in [-0.2, -0.15) is 0 Å². The van der Waals surface area contributed by atoms with Crippen LogP contribution in [0.1, 0.15) is 51.4 Å². The fourth-order valence-corrected chi connectivity index (χ4v) is 11.4. The molecule has 4 rings (SSSR count). The average molecular weight is 477 g/mol. The van der Waals surface area contributed by atoms with Gasteiger partial charge in [-0.15, -0.1) is 0 Å². The molecular formula is C23H28ClPPd. The number of halogens is 1. The molecule has 0 bridgehead atoms. The van der Waals surface area contributed by atoms with Gasteiger partial charge >= 0.3 is 0 Å². The van der Waals surface area contributed by atoms with Gasteiger partial charge < -0.3 is 11.6 Å². The molecule has 26 heavy (non-hydrogen) atoms. The maximum Gasteiger partial charge on any atom is 0.0665 e. The van der Waals surface area contributed by atoms with Crippen molar-refractivity contribution in [1.82, 2.24) is 0 Å². The Morgan fingerprint density at radius 1 is 0.692 bits per heavy atom. The molecule has 2 aromatic carbocycles. The molecule has 0 aliphatic heterocycles. The van der Waals surface area contributed by atoms with E-state index in [0.717, 1.165) is 11.3 Å². The van der Waals surface area contributed by atoms with E-state index in [1.165, 1.54) is 62.5 Å². The van der Waals surface area contributed by atoms with Crippen molar-refractivity contribution in [2.24, 2.45) is 0 Å². The Kier molecular flexibility index (Phi) is 7.39. The second-order valence-electron chi connectivity index (χ2n) is 7.72. The zero-order chi connectivity index (χ0) is 17.1. The van der Waals surface area contributed by atoms with Crippen molar-refractivity contribution in [2.75, 3.05) is 0 Å². The molecule has 2 saturated carbocycles.